The Labute approximate surface area is 197 Å². The molecular formula is C26H21N3O4S. The third-order valence-electron chi connectivity index (χ3n) is 5.92. The summed E-state index contributed by atoms with van der Waals surface area (Å²) < 4.78 is 27.9. The summed E-state index contributed by atoms with van der Waals surface area (Å²) in [6.45, 7) is 2.56. The molecule has 8 heteroatoms. The number of hydrogen-bond donors (Lipinski definition) is 1. The van der Waals surface area contributed by atoms with Gasteiger partial charge in [-0.05, 0) is 47.9 Å². The molecule has 1 aliphatic heterocycles. The molecular weight excluding hydrogens is 450 g/mol. The number of rotatable bonds is 5. The van der Waals surface area contributed by atoms with Crippen LogP contribution in [-0.2, 0) is 22.8 Å². The highest BCUT2D eigenvalue weighted by Gasteiger charge is 2.35. The van der Waals surface area contributed by atoms with Gasteiger partial charge in [-0.25, -0.2) is 13.1 Å². The van der Waals surface area contributed by atoms with Crippen molar-refractivity contribution in [3.05, 3.63) is 107 Å². The van der Waals surface area contributed by atoms with Crippen LogP contribution in [-0.4, -0.2) is 29.9 Å². The lowest BCUT2D eigenvalue weighted by Gasteiger charge is -2.19. The van der Waals surface area contributed by atoms with Crippen LogP contribution in [0.5, 0.6) is 0 Å². The van der Waals surface area contributed by atoms with E-state index in [1.165, 1.54) is 35.9 Å². The van der Waals surface area contributed by atoms with E-state index in [2.05, 4.69) is 29.5 Å². The third kappa shape index (κ3) is 3.72. The van der Waals surface area contributed by atoms with Crippen LogP contribution in [0.15, 0.2) is 88.8 Å². The molecule has 0 atom stereocenters. The van der Waals surface area contributed by atoms with Crippen molar-refractivity contribution < 1.29 is 18.0 Å². The van der Waals surface area contributed by atoms with E-state index in [1.807, 2.05) is 12.1 Å². The molecule has 3 aromatic carbocycles. The lowest BCUT2D eigenvalue weighted by Crippen LogP contribution is -2.22. The van der Waals surface area contributed by atoms with Crippen molar-refractivity contribution in [2.75, 3.05) is 5.32 Å². The summed E-state index contributed by atoms with van der Waals surface area (Å²) >= 11 is 0. The first kappa shape index (κ1) is 21.8. The molecule has 170 valence electrons. The molecule has 1 N–H and O–H groups in total. The molecule has 34 heavy (non-hydrogen) atoms. The molecule has 0 bridgehead atoms. The summed E-state index contributed by atoms with van der Waals surface area (Å²) in [5, 5.41) is 7.09. The van der Waals surface area contributed by atoms with Gasteiger partial charge < -0.3 is 5.32 Å². The Bertz CT molecular complexity index is 1540. The Hall–Kier alpha value is -4.04. The fourth-order valence-corrected chi connectivity index (χ4v) is 5.71. The van der Waals surface area contributed by atoms with Gasteiger partial charge in [-0.3, -0.25) is 9.59 Å². The maximum atomic E-state index is 13.1. The lowest BCUT2D eigenvalue weighted by molar-refractivity contribution is 0.101. The maximum absolute atomic E-state index is 13.1. The summed E-state index contributed by atoms with van der Waals surface area (Å²) in [5.74, 6) is -0.390. The van der Waals surface area contributed by atoms with Crippen LogP contribution in [0.3, 0.4) is 0 Å². The fraction of sp³-hybridized carbons (Fsp3) is 0.115. The number of aromatic nitrogens is 2. The minimum Gasteiger partial charge on any atom is -0.307 e. The summed E-state index contributed by atoms with van der Waals surface area (Å²) in [7, 11) is -3.93. The maximum Gasteiger partial charge on any atom is 0.256 e. The van der Waals surface area contributed by atoms with Gasteiger partial charge in [0.05, 0.1) is 22.5 Å². The van der Waals surface area contributed by atoms with Crippen LogP contribution in [0.25, 0.3) is 0 Å². The van der Waals surface area contributed by atoms with Crippen LogP contribution in [0, 0.1) is 0 Å². The second kappa shape index (κ2) is 8.39. The molecule has 0 spiro atoms. The van der Waals surface area contributed by atoms with Gasteiger partial charge in [0.1, 0.15) is 5.82 Å². The summed E-state index contributed by atoms with van der Waals surface area (Å²) in [5.41, 5.74) is 2.61. The monoisotopic (exact) mass is 471 g/mol. The topological polar surface area (TPSA) is 98.1 Å². The zero-order valence-electron chi connectivity index (χ0n) is 18.4. The van der Waals surface area contributed by atoms with E-state index in [0.29, 0.717) is 12.4 Å². The Morgan fingerprint density at radius 2 is 1.62 bits per heavy atom. The molecule has 5 rings (SSSR count). The van der Waals surface area contributed by atoms with Crippen molar-refractivity contribution in [1.29, 1.82) is 0 Å². The number of hydrogen-bond acceptors (Lipinski definition) is 5. The molecule has 0 unspecified atom stereocenters. The quantitative estimate of drug-likeness (QED) is 0.416. The van der Waals surface area contributed by atoms with Gasteiger partial charge in [0, 0.05) is 22.8 Å². The van der Waals surface area contributed by atoms with Gasteiger partial charge >= 0.3 is 0 Å². The van der Waals surface area contributed by atoms with Gasteiger partial charge in [-0.1, -0.05) is 43.3 Å². The lowest BCUT2D eigenvalue weighted by atomic mass is 10.0. The molecule has 2 heterocycles. The van der Waals surface area contributed by atoms with E-state index in [0.717, 1.165) is 12.0 Å². The highest BCUT2D eigenvalue weighted by molar-refractivity contribution is 7.91. The largest absolute Gasteiger partial charge is 0.307 e. The number of amides is 1. The third-order valence-corrected chi connectivity index (χ3v) is 7.77. The Kier molecular flexibility index (Phi) is 5.37. The van der Waals surface area contributed by atoms with E-state index in [-0.39, 0.29) is 32.3 Å². The van der Waals surface area contributed by atoms with Crippen LogP contribution >= 0.6 is 0 Å². The summed E-state index contributed by atoms with van der Waals surface area (Å²) in [4.78, 5) is 25.6. The van der Waals surface area contributed by atoms with Crippen molar-refractivity contribution in [2.24, 2.45) is 0 Å². The van der Waals surface area contributed by atoms with Gasteiger partial charge in [-0.2, -0.15) is 5.10 Å². The first-order valence-corrected chi connectivity index (χ1v) is 12.3. The minimum atomic E-state index is -3.93. The van der Waals surface area contributed by atoms with E-state index in [1.54, 1.807) is 29.1 Å². The first-order chi connectivity index (χ1) is 16.4. The normalized spacial score (nSPS) is 13.7. The van der Waals surface area contributed by atoms with Gasteiger partial charge in [0.2, 0.25) is 9.84 Å². The van der Waals surface area contributed by atoms with Crippen molar-refractivity contribution in [3.8, 4) is 0 Å². The van der Waals surface area contributed by atoms with Crippen LogP contribution in [0.1, 0.15) is 44.3 Å². The van der Waals surface area contributed by atoms with Crippen LogP contribution < -0.4 is 5.32 Å². The van der Waals surface area contributed by atoms with Gasteiger partial charge in [0.25, 0.3) is 5.91 Å². The number of fused-ring (bicyclic) bond motifs is 2. The summed E-state index contributed by atoms with van der Waals surface area (Å²) in [6, 6.07) is 20.1. The molecule has 0 saturated carbocycles. The van der Waals surface area contributed by atoms with Crippen LogP contribution in [0.4, 0.5) is 5.82 Å². The number of aryl methyl sites for hydroxylation is 1. The fourth-order valence-electron chi connectivity index (χ4n) is 4.03. The smallest absolute Gasteiger partial charge is 0.256 e. The molecule has 0 aliphatic carbocycles. The van der Waals surface area contributed by atoms with Crippen molar-refractivity contribution in [2.45, 2.75) is 29.7 Å². The Balaban J connectivity index is 1.42. The molecule has 0 fully saturated rings. The number of carbonyl (C=O) groups excluding carboxylic acids is 2. The minimum absolute atomic E-state index is 0.0442. The number of carbonyl (C=O) groups is 2. The predicted molar refractivity (Wildman–Crippen MR) is 127 cm³/mol. The highest BCUT2D eigenvalue weighted by Crippen LogP contribution is 2.34. The SMILES string of the molecule is CCc1ccc(Cn2nccc2NC(=O)c2ccc3c(c2)S(=O)(=O)c2ccccc2C3=O)cc1. The van der Waals surface area contributed by atoms with Crippen molar-refractivity contribution in [3.63, 3.8) is 0 Å². The number of anilines is 1. The molecule has 0 saturated heterocycles. The van der Waals surface area contributed by atoms with Gasteiger partial charge in [-0.15, -0.1) is 0 Å². The highest BCUT2D eigenvalue weighted by atomic mass is 32.2. The van der Waals surface area contributed by atoms with E-state index < -0.39 is 15.7 Å². The second-order valence-corrected chi connectivity index (χ2v) is 9.92. The zero-order valence-corrected chi connectivity index (χ0v) is 19.2. The molecule has 1 amide bonds. The number of ketones is 1. The molecule has 7 nitrogen and oxygen atoms in total. The second-order valence-electron chi connectivity index (χ2n) is 8.04. The Morgan fingerprint density at radius 3 is 2.38 bits per heavy atom. The van der Waals surface area contributed by atoms with E-state index in [4.69, 9.17) is 0 Å². The first-order valence-electron chi connectivity index (χ1n) is 10.8. The van der Waals surface area contributed by atoms with E-state index in [9.17, 15) is 18.0 Å². The standard InChI is InChI=1S/C26H21N3O4S/c1-2-17-7-9-18(10-8-17)16-29-24(13-14-27-29)28-26(31)19-11-12-21-23(15-19)34(32,33)22-6-4-3-5-20(22)25(21)30/h3-15H,2,16H2,1H3,(H,28,31). The average molecular weight is 472 g/mol. The number of benzene rings is 3. The number of sulfone groups is 1. The number of nitrogens with zero attached hydrogens (tertiary/aromatic N) is 2. The zero-order chi connectivity index (χ0) is 23.9. The number of nitrogens with one attached hydrogen (secondary N) is 1. The molecule has 1 aromatic heterocycles. The van der Waals surface area contributed by atoms with Crippen LogP contribution in [0.2, 0.25) is 0 Å². The van der Waals surface area contributed by atoms with E-state index >= 15 is 0 Å². The van der Waals surface area contributed by atoms with Gasteiger partial charge in [0.15, 0.2) is 5.78 Å². The molecule has 4 aromatic rings. The van der Waals surface area contributed by atoms with Crippen molar-refractivity contribution in [1.82, 2.24) is 9.78 Å². The molecule has 0 radical (unpaired) electrons. The predicted octanol–water partition coefficient (Wildman–Crippen LogP) is 4.12. The average Bonchev–Trinajstić information content (AvgIpc) is 3.29. The molecule has 1 aliphatic rings. The summed E-state index contributed by atoms with van der Waals surface area (Å²) in [6.07, 6.45) is 2.54. The Morgan fingerprint density at radius 1 is 0.912 bits per heavy atom. The van der Waals surface area contributed by atoms with Crippen molar-refractivity contribution >= 4 is 27.3 Å².